The van der Waals surface area contributed by atoms with E-state index >= 15 is 0 Å². The summed E-state index contributed by atoms with van der Waals surface area (Å²) in [6, 6.07) is 54.0. The van der Waals surface area contributed by atoms with E-state index in [1.807, 2.05) is 126 Å². The van der Waals surface area contributed by atoms with E-state index in [9.17, 15) is 49.5 Å². The first-order chi connectivity index (χ1) is 63.3. The van der Waals surface area contributed by atoms with Crippen molar-refractivity contribution in [3.8, 4) is 132 Å². The normalized spacial score (nSPS) is 11.3. The summed E-state index contributed by atoms with van der Waals surface area (Å²) < 4.78 is 50.8. The van der Waals surface area contributed by atoms with Crippen LogP contribution in [-0.2, 0) is 33.0 Å². The highest BCUT2D eigenvalue weighted by atomic mass is 35.5. The summed E-state index contributed by atoms with van der Waals surface area (Å²) in [5.74, 6) is 2.27. The lowest BCUT2D eigenvalue weighted by molar-refractivity contribution is 0.110. The van der Waals surface area contributed by atoms with Gasteiger partial charge in [-0.3, -0.25) is 62.9 Å². The van der Waals surface area contributed by atoms with E-state index in [1.54, 1.807) is 110 Å². The maximum Gasteiger partial charge on any atom is 0.226 e. The number of aromatic nitrogens is 13. The van der Waals surface area contributed by atoms with Gasteiger partial charge < -0.3 is 63.4 Å². The van der Waals surface area contributed by atoms with Crippen LogP contribution in [0.1, 0.15) is 152 Å². The topological polar surface area (TPSA) is 404 Å². The molecule has 0 aliphatic heterocycles. The molecule has 10 aromatic heterocycles. The van der Waals surface area contributed by atoms with Crippen LogP contribution in [0.5, 0.6) is 75.1 Å². The summed E-state index contributed by atoms with van der Waals surface area (Å²) in [6.45, 7) is 11.5. The van der Waals surface area contributed by atoms with Crippen molar-refractivity contribution in [1.82, 2.24) is 64.2 Å². The lowest BCUT2D eigenvalue weighted by atomic mass is 9.93. The molecule has 0 radical (unpaired) electrons. The Morgan fingerprint density at radius 2 is 0.800 bits per heavy atom. The van der Waals surface area contributed by atoms with Crippen LogP contribution in [0.3, 0.4) is 0 Å². The molecule has 16 rings (SSSR count). The fraction of sp³-hybridized carbons (Fsp3) is 0.194. The Balaban J connectivity index is 0.000000147. The van der Waals surface area contributed by atoms with Gasteiger partial charge in [-0.25, -0.2) is 4.98 Å². The number of halogens is 1. The van der Waals surface area contributed by atoms with Gasteiger partial charge in [0.1, 0.15) is 90.5 Å². The summed E-state index contributed by atoms with van der Waals surface area (Å²) in [5, 5.41) is 62.1. The van der Waals surface area contributed by atoms with Crippen molar-refractivity contribution in [1.29, 1.82) is 0 Å². The van der Waals surface area contributed by atoms with Crippen molar-refractivity contribution in [2.24, 2.45) is 0 Å². The molecular weight excluding hydrogens is 1680 g/mol. The molecule has 31 nitrogen and oxygen atoms in total. The lowest BCUT2D eigenvalue weighted by Crippen LogP contribution is -2.19. The number of methoxy groups -OCH3 is 2. The van der Waals surface area contributed by atoms with Crippen LogP contribution in [0.4, 0.5) is 0 Å². The number of pyridine rings is 7. The van der Waals surface area contributed by atoms with Crippen molar-refractivity contribution in [2.75, 3.05) is 20.8 Å². The molecule has 0 atom stereocenters. The first-order valence-electron chi connectivity index (χ1n) is 41.0. The predicted molar refractivity (Wildman–Crippen MR) is 483 cm³/mol. The molecule has 10 heterocycles. The zero-order valence-electron chi connectivity index (χ0n) is 71.8. The second-order valence-electron chi connectivity index (χ2n) is 29.1. The number of carbonyl (C=O) groups excluding carboxylic acids is 5. The molecule has 5 N–H and O–H groups in total. The molecular formula is C98H92ClN13O18. The quantitative estimate of drug-likeness (QED) is 0.0244. The van der Waals surface area contributed by atoms with E-state index in [-0.39, 0.29) is 107 Å². The summed E-state index contributed by atoms with van der Waals surface area (Å²) in [7, 11) is 3.05. The number of hydrogen-bond donors (Lipinski definition) is 5. The van der Waals surface area contributed by atoms with Crippen molar-refractivity contribution >= 4 is 43.0 Å². The van der Waals surface area contributed by atoms with Crippen molar-refractivity contribution < 1.29 is 87.4 Å². The minimum Gasteiger partial charge on any atom is -0.508 e. The summed E-state index contributed by atoms with van der Waals surface area (Å²) >= 11 is 5.84. The third-order valence-corrected chi connectivity index (χ3v) is 20.5. The minimum atomic E-state index is -0.288. The zero-order valence-corrected chi connectivity index (χ0v) is 72.6. The number of phenols is 5. The van der Waals surface area contributed by atoms with Gasteiger partial charge in [0.15, 0.2) is 31.4 Å². The smallest absolute Gasteiger partial charge is 0.226 e. The van der Waals surface area contributed by atoms with Gasteiger partial charge in [-0.05, 0) is 181 Å². The van der Waals surface area contributed by atoms with Crippen molar-refractivity contribution in [3.05, 3.63) is 304 Å². The van der Waals surface area contributed by atoms with E-state index in [1.165, 1.54) is 63.1 Å². The monoisotopic (exact) mass is 1770 g/mol. The first kappa shape index (κ1) is 93.0. The third-order valence-electron chi connectivity index (χ3n) is 20.2. The molecule has 1 aliphatic rings. The summed E-state index contributed by atoms with van der Waals surface area (Å²) in [5.41, 5.74) is 12.8. The number of ether oxygens (including phenoxy) is 8. The Morgan fingerprint density at radius 1 is 0.392 bits per heavy atom. The number of nitrogens with zero attached hydrogens (tertiary/aromatic N) is 13. The Kier molecular flexibility index (Phi) is 32.6. The standard InChI is InChI=1S/C20H19N3O3.C20H18N2O5.C20H18N2O4.C19H18ClN3O3.C19H19N3O3/c24-12-16-18(25)7-2-8-19(16)26-13-14-4-3-10-21-20(14)17-9-11-22-23(17)15-5-1-6-15;1-25-18-9-8-14(20(22-18)26-2)19-13(5-4-10-21-19)12-27-17-7-3-6-16(24)15(17)11-23;1-2-25-20-15(7-5-11-22-20)19-14(6-4-10-21-19)13-26-18-9-3-8-17(24)16(18)12-23;1-12(2)23-16(7-9-22-23)18-13(4-3-8-21-18)11-26-17-6-5-15(20)19(25)14(17)10-24;1-13(2)22-17(7-9-21-22)19-15(4-3-8-20-19)12-25-18-10-16(24)6-5-14(18)11-23/h2-4,7-12,15,25H,1,5-6,13H2;3-11,24H,12H2,1-2H3;3-12,24H,2,13H2,1H3;3-10,12,25H,11H2,1-2H3;3-11,13,24H,12H2,1-2H3. The van der Waals surface area contributed by atoms with Crippen LogP contribution in [0.15, 0.2) is 244 Å². The van der Waals surface area contributed by atoms with Crippen LogP contribution in [0.25, 0.3) is 56.7 Å². The van der Waals surface area contributed by atoms with Crippen molar-refractivity contribution in [2.45, 2.75) is 105 Å². The molecule has 1 fully saturated rings. The molecule has 1 saturated carbocycles. The highest BCUT2D eigenvalue weighted by Crippen LogP contribution is 2.40. The average molecular weight is 1780 g/mol. The first-order valence-corrected chi connectivity index (χ1v) is 41.4. The molecule has 32 heteroatoms. The fourth-order valence-electron chi connectivity index (χ4n) is 13.6. The number of hydrogen-bond acceptors (Lipinski definition) is 28. The SMILES string of the molecule is CC(C)n1nccc1-c1ncccc1COc1cc(O)ccc1C=O.CC(C)n1nccc1-c1ncccc1COc1ccc(Cl)c(O)c1C=O.CCOc1ncccc1-c1ncccc1COc1cccc(O)c1C=O.COc1ccc(-c2ncccc2COc2cccc(O)c2C=O)c(OC)n1.O=Cc1c(O)cccc1OCc1cccnc1-c1ccnn1C1CCC1. The zero-order chi connectivity index (χ0) is 92.0. The van der Waals surface area contributed by atoms with Gasteiger partial charge in [-0.2, -0.15) is 20.3 Å². The largest absolute Gasteiger partial charge is 0.508 e. The van der Waals surface area contributed by atoms with E-state index in [0.717, 1.165) is 80.4 Å². The Hall–Kier alpha value is -16.2. The maximum absolute atomic E-state index is 11.3. The van der Waals surface area contributed by atoms with Gasteiger partial charge in [0.25, 0.3) is 0 Å². The van der Waals surface area contributed by atoms with Gasteiger partial charge in [-0.15, -0.1) is 0 Å². The molecule has 5 aromatic carbocycles. The van der Waals surface area contributed by atoms with Gasteiger partial charge in [0, 0.05) is 108 Å². The molecule has 130 heavy (non-hydrogen) atoms. The van der Waals surface area contributed by atoms with Crippen LogP contribution in [0, 0.1) is 0 Å². The molecule has 0 amide bonds. The van der Waals surface area contributed by atoms with E-state index in [0.29, 0.717) is 107 Å². The summed E-state index contributed by atoms with van der Waals surface area (Å²) in [4.78, 5) is 86.9. The molecule has 0 unspecified atom stereocenters. The highest BCUT2D eigenvalue weighted by Gasteiger charge is 2.26. The van der Waals surface area contributed by atoms with E-state index in [4.69, 9.17) is 49.5 Å². The van der Waals surface area contributed by atoms with Crippen LogP contribution >= 0.6 is 11.6 Å². The number of benzene rings is 5. The second-order valence-corrected chi connectivity index (χ2v) is 29.5. The molecule has 0 saturated heterocycles. The molecule has 15 aromatic rings. The van der Waals surface area contributed by atoms with Gasteiger partial charge >= 0.3 is 0 Å². The average Bonchev–Trinajstić information content (AvgIpc) is 1.58. The molecule has 664 valence electrons. The van der Waals surface area contributed by atoms with Gasteiger partial charge in [0.2, 0.25) is 17.6 Å². The molecule has 0 bridgehead atoms. The fourth-order valence-corrected chi connectivity index (χ4v) is 13.7. The van der Waals surface area contributed by atoms with Crippen molar-refractivity contribution in [3.63, 3.8) is 0 Å². The molecule has 0 spiro atoms. The summed E-state index contributed by atoms with van der Waals surface area (Å²) in [6.07, 6.45) is 21.9. The van der Waals surface area contributed by atoms with E-state index in [2.05, 4.69) is 64.0 Å². The third kappa shape index (κ3) is 22.9. The lowest BCUT2D eigenvalue weighted by Gasteiger charge is -2.27. The minimum absolute atomic E-state index is 0.0233. The van der Waals surface area contributed by atoms with E-state index < -0.39 is 0 Å². The number of carbonyl (C=O) groups is 5. The number of aldehydes is 5. The second kappa shape index (κ2) is 45.6. The Labute approximate surface area is 752 Å². The number of aromatic hydroxyl groups is 5. The van der Waals surface area contributed by atoms with Crippen LogP contribution in [-0.4, -0.2) is 142 Å². The maximum atomic E-state index is 11.3. The molecule has 1 aliphatic carbocycles. The van der Waals surface area contributed by atoms with Crippen LogP contribution < -0.4 is 37.9 Å². The number of phenolic OH excluding ortho intramolecular Hbond substituents is 5. The number of rotatable bonds is 32. The van der Waals surface area contributed by atoms with Gasteiger partial charge in [0.05, 0.1) is 116 Å². The predicted octanol–water partition coefficient (Wildman–Crippen LogP) is 18.6. The Morgan fingerprint density at radius 3 is 1.22 bits per heavy atom. The Bertz CT molecular complexity index is 6400. The highest BCUT2D eigenvalue weighted by molar-refractivity contribution is 6.32. The van der Waals surface area contributed by atoms with Crippen LogP contribution in [0.2, 0.25) is 5.02 Å². The van der Waals surface area contributed by atoms with Gasteiger partial charge in [-0.1, -0.05) is 60.1 Å².